The number of hydrogen-bond acceptors (Lipinski definition) is 6. The molecule has 0 N–H and O–H groups in total. The van der Waals surface area contributed by atoms with Crippen molar-refractivity contribution in [2.45, 2.75) is 20.0 Å². The number of morpholine rings is 1. The van der Waals surface area contributed by atoms with Crippen LogP contribution in [-0.2, 0) is 4.74 Å². The zero-order chi connectivity index (χ0) is 18.3. The summed E-state index contributed by atoms with van der Waals surface area (Å²) < 4.78 is 33.3. The Labute approximate surface area is 148 Å². The molecule has 3 aromatic rings. The van der Waals surface area contributed by atoms with Crippen molar-refractivity contribution in [3.63, 3.8) is 0 Å². The highest BCUT2D eigenvalue weighted by atomic mass is 19.1. The molecule has 0 bridgehead atoms. The van der Waals surface area contributed by atoms with E-state index >= 15 is 0 Å². The van der Waals surface area contributed by atoms with Gasteiger partial charge in [0.1, 0.15) is 22.8 Å². The maximum absolute atomic E-state index is 14.4. The lowest BCUT2D eigenvalue weighted by atomic mass is 10.1. The molecule has 1 fully saturated rings. The van der Waals surface area contributed by atoms with Crippen molar-refractivity contribution in [2.24, 2.45) is 0 Å². The van der Waals surface area contributed by atoms with E-state index in [1.54, 1.807) is 6.20 Å². The molecule has 1 aliphatic heterocycles. The minimum absolute atomic E-state index is 0.0395. The molecule has 0 radical (unpaired) electrons. The lowest BCUT2D eigenvalue weighted by Gasteiger charge is -2.31. The Morgan fingerprint density at radius 2 is 2.04 bits per heavy atom. The van der Waals surface area contributed by atoms with Crippen molar-refractivity contribution in [3.05, 3.63) is 41.7 Å². The smallest absolute Gasteiger partial charge is 0.228 e. The highest BCUT2D eigenvalue weighted by molar-refractivity contribution is 5.88. The third kappa shape index (κ3) is 3.08. The summed E-state index contributed by atoms with van der Waals surface area (Å²) >= 11 is 0. The van der Waals surface area contributed by atoms with E-state index in [1.807, 2.05) is 18.7 Å². The fourth-order valence-electron chi connectivity index (χ4n) is 2.99. The normalized spacial score (nSPS) is 17.7. The van der Waals surface area contributed by atoms with Crippen LogP contribution in [0.1, 0.15) is 12.6 Å². The molecule has 3 heterocycles. The van der Waals surface area contributed by atoms with Crippen LogP contribution >= 0.6 is 0 Å². The Bertz CT molecular complexity index is 981. The van der Waals surface area contributed by atoms with Crippen molar-refractivity contribution < 1.29 is 13.5 Å². The number of ether oxygens (including phenoxy) is 1. The summed E-state index contributed by atoms with van der Waals surface area (Å²) in [5.41, 5.74) is 1.93. The highest BCUT2D eigenvalue weighted by Gasteiger charge is 2.23. The first-order valence-corrected chi connectivity index (χ1v) is 8.34. The Kier molecular flexibility index (Phi) is 4.20. The number of halogens is 2. The van der Waals surface area contributed by atoms with Crippen molar-refractivity contribution in [1.82, 2.24) is 19.9 Å². The van der Waals surface area contributed by atoms with E-state index < -0.39 is 11.6 Å². The van der Waals surface area contributed by atoms with Gasteiger partial charge in [-0.15, -0.1) is 0 Å². The zero-order valence-corrected chi connectivity index (χ0v) is 14.4. The number of aromatic nitrogens is 4. The number of nitrogens with zero attached hydrogens (tertiary/aromatic N) is 5. The van der Waals surface area contributed by atoms with Gasteiger partial charge in [-0.05, 0) is 26.0 Å². The van der Waals surface area contributed by atoms with Crippen molar-refractivity contribution in [3.8, 4) is 11.3 Å². The fraction of sp³-hybridized carbons (Fsp3) is 0.333. The van der Waals surface area contributed by atoms with Gasteiger partial charge >= 0.3 is 0 Å². The average Bonchev–Trinajstić information content (AvgIpc) is 2.60. The average molecular weight is 357 g/mol. The molecule has 1 aromatic carbocycles. The Morgan fingerprint density at radius 1 is 1.19 bits per heavy atom. The highest BCUT2D eigenvalue weighted by Crippen LogP contribution is 2.29. The van der Waals surface area contributed by atoms with Crippen LogP contribution in [0.15, 0.2) is 24.4 Å². The molecule has 1 atom stereocenters. The quantitative estimate of drug-likeness (QED) is 0.703. The van der Waals surface area contributed by atoms with Gasteiger partial charge < -0.3 is 9.64 Å². The monoisotopic (exact) mass is 357 g/mol. The van der Waals surface area contributed by atoms with E-state index in [9.17, 15) is 8.78 Å². The summed E-state index contributed by atoms with van der Waals surface area (Å²) in [6, 6.07) is 3.39. The predicted molar refractivity (Wildman–Crippen MR) is 92.8 cm³/mol. The maximum Gasteiger partial charge on any atom is 0.228 e. The minimum atomic E-state index is -0.700. The number of rotatable bonds is 2. The van der Waals surface area contributed by atoms with E-state index in [0.29, 0.717) is 48.2 Å². The number of benzene rings is 1. The molecule has 0 aliphatic carbocycles. The van der Waals surface area contributed by atoms with Gasteiger partial charge in [-0.1, -0.05) is 0 Å². The standard InChI is InChI=1S/C18H17F2N5O/c1-10-8-21-16-15(13-4-3-12(19)7-14(13)20)23-18(24-17(16)22-10)25-5-6-26-11(2)9-25/h3-4,7-8,11H,5-6,9H2,1-2H3/t11-/m1/s1. The van der Waals surface area contributed by atoms with Crippen LogP contribution in [-0.4, -0.2) is 45.7 Å². The topological polar surface area (TPSA) is 64.0 Å². The SMILES string of the molecule is Cc1cnc2c(-c3ccc(F)cc3F)nc(N3CCO[C@H](C)C3)nc2n1. The minimum Gasteiger partial charge on any atom is -0.375 e. The van der Waals surface area contributed by atoms with Gasteiger partial charge in [0.25, 0.3) is 0 Å². The van der Waals surface area contributed by atoms with Crippen LogP contribution in [0.5, 0.6) is 0 Å². The zero-order valence-electron chi connectivity index (χ0n) is 14.4. The van der Waals surface area contributed by atoms with Gasteiger partial charge in [-0.25, -0.2) is 23.7 Å². The van der Waals surface area contributed by atoms with E-state index in [4.69, 9.17) is 4.74 Å². The molecule has 2 aromatic heterocycles. The van der Waals surface area contributed by atoms with E-state index in [2.05, 4.69) is 19.9 Å². The molecule has 6 nitrogen and oxygen atoms in total. The summed E-state index contributed by atoms with van der Waals surface area (Å²) in [5.74, 6) is -0.909. The molecular weight excluding hydrogens is 340 g/mol. The molecule has 1 aliphatic rings. The van der Waals surface area contributed by atoms with Gasteiger partial charge in [0.15, 0.2) is 5.65 Å². The fourth-order valence-corrected chi connectivity index (χ4v) is 2.99. The van der Waals surface area contributed by atoms with Crippen LogP contribution in [0, 0.1) is 18.6 Å². The van der Waals surface area contributed by atoms with Crippen LogP contribution in [0.4, 0.5) is 14.7 Å². The van der Waals surface area contributed by atoms with Crippen LogP contribution in [0.3, 0.4) is 0 Å². The third-order valence-electron chi connectivity index (χ3n) is 4.23. The Morgan fingerprint density at radius 3 is 2.81 bits per heavy atom. The molecule has 0 amide bonds. The molecule has 8 heteroatoms. The van der Waals surface area contributed by atoms with Gasteiger partial charge in [0, 0.05) is 30.9 Å². The first kappa shape index (κ1) is 16.7. The first-order chi connectivity index (χ1) is 12.5. The second kappa shape index (κ2) is 6.53. The van der Waals surface area contributed by atoms with E-state index in [1.165, 1.54) is 12.1 Å². The van der Waals surface area contributed by atoms with Crippen LogP contribution in [0.2, 0.25) is 0 Å². The summed E-state index contributed by atoms with van der Waals surface area (Å²) in [6.07, 6.45) is 1.62. The lowest BCUT2D eigenvalue weighted by molar-refractivity contribution is 0.0526. The molecule has 134 valence electrons. The molecule has 0 unspecified atom stereocenters. The van der Waals surface area contributed by atoms with Crippen molar-refractivity contribution in [2.75, 3.05) is 24.6 Å². The van der Waals surface area contributed by atoms with Crippen LogP contribution in [0.25, 0.3) is 22.4 Å². The van der Waals surface area contributed by atoms with Crippen molar-refractivity contribution in [1.29, 1.82) is 0 Å². The molecule has 4 rings (SSSR count). The Hall–Kier alpha value is -2.74. The largest absolute Gasteiger partial charge is 0.375 e. The second-order valence-electron chi connectivity index (χ2n) is 6.31. The second-order valence-corrected chi connectivity index (χ2v) is 6.31. The number of anilines is 1. The number of fused-ring (bicyclic) bond motifs is 1. The van der Waals surface area contributed by atoms with Gasteiger partial charge in [-0.2, -0.15) is 4.98 Å². The predicted octanol–water partition coefficient (Wildman–Crippen LogP) is 2.90. The molecule has 1 saturated heterocycles. The number of aryl methyl sites for hydroxylation is 1. The lowest BCUT2D eigenvalue weighted by Crippen LogP contribution is -2.42. The van der Waals surface area contributed by atoms with Gasteiger partial charge in [0.05, 0.1) is 18.4 Å². The molecule has 0 saturated carbocycles. The first-order valence-electron chi connectivity index (χ1n) is 8.34. The third-order valence-corrected chi connectivity index (χ3v) is 4.23. The van der Waals surface area contributed by atoms with Gasteiger partial charge in [0.2, 0.25) is 5.95 Å². The summed E-state index contributed by atoms with van der Waals surface area (Å²) in [6.45, 7) is 5.58. The summed E-state index contributed by atoms with van der Waals surface area (Å²) in [4.78, 5) is 19.8. The Balaban J connectivity index is 1.92. The van der Waals surface area contributed by atoms with E-state index in [0.717, 1.165) is 6.07 Å². The molecule has 0 spiro atoms. The van der Waals surface area contributed by atoms with E-state index in [-0.39, 0.29) is 11.7 Å². The molecular formula is C18H17F2N5O. The van der Waals surface area contributed by atoms with Crippen LogP contribution < -0.4 is 4.90 Å². The van der Waals surface area contributed by atoms with Crippen molar-refractivity contribution >= 4 is 17.1 Å². The maximum atomic E-state index is 14.4. The summed E-state index contributed by atoms with van der Waals surface area (Å²) in [5, 5.41) is 0. The molecule has 26 heavy (non-hydrogen) atoms. The van der Waals surface area contributed by atoms with Gasteiger partial charge in [-0.3, -0.25) is 0 Å². The number of hydrogen-bond donors (Lipinski definition) is 0. The summed E-state index contributed by atoms with van der Waals surface area (Å²) in [7, 11) is 0.